The molecule has 4 nitrogen and oxygen atoms in total. The van der Waals surface area contributed by atoms with Crippen LogP contribution in [0.4, 0.5) is 0 Å². The minimum absolute atomic E-state index is 0.269. The van der Waals surface area contributed by atoms with Gasteiger partial charge in [-0.3, -0.25) is 0 Å². The Morgan fingerprint density at radius 2 is 2.40 bits per heavy atom. The van der Waals surface area contributed by atoms with E-state index in [0.29, 0.717) is 0 Å². The summed E-state index contributed by atoms with van der Waals surface area (Å²) in [7, 11) is 5.97. The summed E-state index contributed by atoms with van der Waals surface area (Å²) in [4.78, 5) is 0. The van der Waals surface area contributed by atoms with E-state index >= 15 is 0 Å². The number of tetrazole rings is 1. The van der Waals surface area contributed by atoms with E-state index in [1.807, 2.05) is 11.4 Å². The van der Waals surface area contributed by atoms with Crippen molar-refractivity contribution in [3.05, 3.63) is 5.82 Å². The van der Waals surface area contributed by atoms with Crippen LogP contribution in [0, 0.1) is 6.92 Å². The first-order valence-corrected chi connectivity index (χ1v) is 9.08. The Labute approximate surface area is 66.6 Å². The van der Waals surface area contributed by atoms with E-state index in [0.717, 1.165) is 13.8 Å². The zero-order chi connectivity index (χ0) is 7.56. The first-order valence-electron chi connectivity index (χ1n) is 2.52. The average Bonchev–Trinajstić information content (AvgIpc) is 2.34. The lowest BCUT2D eigenvalue weighted by Gasteiger charge is -2.06. The zero-order valence-electron chi connectivity index (χ0n) is 5.39. The fraction of sp³-hybridized carbons (Fsp3) is 0.500. The smallest absolute Gasteiger partial charge is 0.152 e. The highest BCUT2D eigenvalue weighted by Crippen LogP contribution is 2.66. The third-order valence-corrected chi connectivity index (χ3v) is 10.4. The average molecular weight is 212 g/mol. The van der Waals surface area contributed by atoms with Crippen LogP contribution in [-0.4, -0.2) is 20.0 Å². The van der Waals surface area contributed by atoms with Crippen molar-refractivity contribution in [3.63, 3.8) is 0 Å². The van der Waals surface area contributed by atoms with Gasteiger partial charge in [0.15, 0.2) is 5.82 Å². The van der Waals surface area contributed by atoms with Crippen LogP contribution in [0.15, 0.2) is 0 Å². The second-order valence-electron chi connectivity index (χ2n) is 1.59. The molecule has 0 aliphatic carbocycles. The molecule has 1 heterocycles. The summed E-state index contributed by atoms with van der Waals surface area (Å²) in [6.07, 6.45) is 0. The molecule has 0 saturated carbocycles. The van der Waals surface area contributed by atoms with Crippen LogP contribution in [0.25, 0.3) is 0 Å². The van der Waals surface area contributed by atoms with Crippen molar-refractivity contribution in [2.24, 2.45) is 0 Å². The van der Waals surface area contributed by atoms with Crippen molar-refractivity contribution in [2.45, 2.75) is 6.92 Å². The molecule has 56 valence electrons. The van der Waals surface area contributed by atoms with Crippen molar-refractivity contribution in [1.82, 2.24) is 20.0 Å². The van der Waals surface area contributed by atoms with Crippen LogP contribution >= 0.6 is 33.3 Å². The van der Waals surface area contributed by atoms with Gasteiger partial charge >= 0.3 is 0 Å². The fourth-order valence-electron chi connectivity index (χ4n) is 0.481. The van der Waals surface area contributed by atoms with Gasteiger partial charge in [0.2, 0.25) is 0 Å². The lowest BCUT2D eigenvalue weighted by molar-refractivity contribution is 0.849. The predicted octanol–water partition coefficient (Wildman–Crippen LogP) is 1.40. The molecule has 8 heteroatoms. The van der Waals surface area contributed by atoms with Gasteiger partial charge in [0.25, 0.3) is 0 Å². The van der Waals surface area contributed by atoms with Crippen molar-refractivity contribution < 1.29 is 0 Å². The molecule has 4 unspecified atom stereocenters. The molecule has 0 bridgehead atoms. The van der Waals surface area contributed by atoms with Crippen molar-refractivity contribution in [3.8, 4) is 0 Å². The molecule has 0 fully saturated rings. The van der Waals surface area contributed by atoms with Crippen LogP contribution in [0.2, 0.25) is 0 Å². The maximum atomic E-state index is 3.84. The van der Waals surface area contributed by atoms with E-state index in [4.69, 9.17) is 0 Å². The van der Waals surface area contributed by atoms with Gasteiger partial charge in [0.05, 0.1) is 7.45 Å². The van der Waals surface area contributed by atoms with E-state index in [2.05, 4.69) is 33.4 Å². The maximum Gasteiger partial charge on any atom is 0.152 e. The first-order chi connectivity index (χ1) is 4.75. The summed E-state index contributed by atoms with van der Waals surface area (Å²) in [5, 5.41) is 11.2. The molecule has 1 aromatic heterocycles. The third-order valence-electron chi connectivity index (χ3n) is 0.940. The molecule has 0 saturated heterocycles. The highest BCUT2D eigenvalue weighted by Gasteiger charge is 2.05. The van der Waals surface area contributed by atoms with Gasteiger partial charge in [0.1, 0.15) is 0 Å². The second-order valence-corrected chi connectivity index (χ2v) is 10.4. The minimum atomic E-state index is -0.269. The van der Waals surface area contributed by atoms with Crippen molar-refractivity contribution in [2.75, 3.05) is 0 Å². The second kappa shape index (κ2) is 3.98. The topological polar surface area (TPSA) is 43.6 Å². The summed E-state index contributed by atoms with van der Waals surface area (Å²) < 4.78 is 1.85. The highest BCUT2D eigenvalue weighted by molar-refractivity contribution is 8.60. The Kier molecular flexibility index (Phi) is 3.53. The molecule has 4 atom stereocenters. The molecule has 10 heavy (non-hydrogen) atoms. The summed E-state index contributed by atoms with van der Waals surface area (Å²) >= 11 is 0. The fourth-order valence-corrected chi connectivity index (χ4v) is 3.57. The summed E-state index contributed by atoms with van der Waals surface area (Å²) in [5.74, 6) is 0.885. The third kappa shape index (κ3) is 1.89. The van der Waals surface area contributed by atoms with Gasteiger partial charge < -0.3 is 0 Å². The van der Waals surface area contributed by atoms with Crippen molar-refractivity contribution >= 4 is 33.3 Å². The van der Waals surface area contributed by atoms with Crippen LogP contribution < -0.4 is 0 Å². The van der Waals surface area contributed by atoms with Crippen LogP contribution in [0.1, 0.15) is 5.82 Å². The van der Waals surface area contributed by atoms with Gasteiger partial charge in [-0.15, -0.1) is 14.0 Å². The van der Waals surface area contributed by atoms with E-state index in [1.165, 1.54) is 0 Å². The summed E-state index contributed by atoms with van der Waals surface area (Å²) in [6.45, 7) is 1.91. The highest BCUT2D eigenvalue weighted by atomic mass is 32.6. The molecule has 0 aromatic carbocycles. The number of rotatable bonds is 2. The Balaban J connectivity index is 2.82. The van der Waals surface area contributed by atoms with Crippen molar-refractivity contribution in [1.29, 1.82) is 0 Å². The Bertz CT molecular complexity index is 211. The largest absolute Gasteiger partial charge is 0.201 e. The van der Waals surface area contributed by atoms with Gasteiger partial charge in [-0.2, -0.15) is 0 Å². The quantitative estimate of drug-likeness (QED) is 0.696. The van der Waals surface area contributed by atoms with E-state index in [9.17, 15) is 0 Å². The predicted molar refractivity (Wildman–Crippen MR) is 52.6 cm³/mol. The molecule has 0 amide bonds. The molecule has 1 rings (SSSR count). The zero-order valence-corrected chi connectivity index (χ0v) is 9.59. The number of hydrogen-bond acceptors (Lipinski definition) is 3. The van der Waals surface area contributed by atoms with Gasteiger partial charge in [-0.25, -0.2) is 4.45 Å². The number of aromatic nitrogens is 4. The number of hydrogen-bond donors (Lipinski definition) is 0. The maximum absolute atomic E-state index is 3.84. The SMILES string of the molecule is Cc1nnnn1P(P)PP. The molecule has 0 aliphatic heterocycles. The molecule has 1 aromatic rings. The lowest BCUT2D eigenvalue weighted by Crippen LogP contribution is -1.89. The normalized spacial score (nSPS) is 14.7. The van der Waals surface area contributed by atoms with Gasteiger partial charge in [0, 0.05) is 0 Å². The molecule has 0 radical (unpaired) electrons. The molecular formula is C2H8N4P4. The van der Waals surface area contributed by atoms with E-state index in [1.54, 1.807) is 0 Å². The van der Waals surface area contributed by atoms with Crippen LogP contribution in [0.3, 0.4) is 0 Å². The minimum Gasteiger partial charge on any atom is -0.201 e. The number of aryl methyl sites for hydroxylation is 1. The van der Waals surface area contributed by atoms with Gasteiger partial charge in [-0.05, 0) is 25.3 Å². The molecule has 0 N–H and O–H groups in total. The molecule has 0 spiro atoms. The number of nitrogens with zero attached hydrogens (tertiary/aromatic N) is 4. The van der Waals surface area contributed by atoms with Crippen LogP contribution in [0.5, 0.6) is 0 Å². The monoisotopic (exact) mass is 212 g/mol. The Morgan fingerprint density at radius 1 is 1.70 bits per heavy atom. The summed E-state index contributed by atoms with van der Waals surface area (Å²) in [6, 6.07) is 0. The Morgan fingerprint density at radius 3 is 2.80 bits per heavy atom. The summed E-state index contributed by atoms with van der Waals surface area (Å²) in [5.41, 5.74) is 0. The first kappa shape index (κ1) is 8.88. The molecule has 0 aliphatic rings. The van der Waals surface area contributed by atoms with E-state index in [-0.39, 0.29) is 7.45 Å². The molecular weight excluding hydrogens is 204 g/mol. The Hall–Kier alpha value is 0.790. The lowest BCUT2D eigenvalue weighted by atomic mass is 10.8. The van der Waals surface area contributed by atoms with E-state index < -0.39 is 0 Å². The standard InChI is InChI=1S/C2H8N4P4/c1-2-3-4-5-6(2)10(8)9-7/h9H,7-8H2,1H3. The van der Waals surface area contributed by atoms with Gasteiger partial charge in [-0.1, -0.05) is 8.93 Å². The van der Waals surface area contributed by atoms with Crippen LogP contribution in [-0.2, 0) is 0 Å².